The number of hydrogen-bond donors (Lipinski definition) is 1. The maximum absolute atomic E-state index is 11.1. The highest BCUT2D eigenvalue weighted by Gasteiger charge is 2.17. The van der Waals surface area contributed by atoms with Gasteiger partial charge in [-0.15, -0.1) is 0 Å². The third-order valence-electron chi connectivity index (χ3n) is 2.52. The van der Waals surface area contributed by atoms with E-state index in [1.165, 1.54) is 0 Å². The standard InChI is InChI=1S/C12H15O4P/c13-12(14)11(7-4-8-16-17-15)9-10-5-2-1-3-6-10/h1-3,5-6,11H,4,7-9H2,(H,13,14). The third kappa shape index (κ3) is 5.57. The van der Waals surface area contributed by atoms with Gasteiger partial charge in [-0.3, -0.25) is 9.32 Å². The molecule has 1 rings (SSSR count). The molecule has 0 saturated carbocycles. The van der Waals surface area contributed by atoms with Gasteiger partial charge in [-0.2, -0.15) is 0 Å². The van der Waals surface area contributed by atoms with Crippen LogP contribution in [0.5, 0.6) is 0 Å². The lowest BCUT2D eigenvalue weighted by atomic mass is 9.95. The summed E-state index contributed by atoms with van der Waals surface area (Å²) in [6.45, 7) is 0.323. The van der Waals surface area contributed by atoms with Gasteiger partial charge in [0.1, 0.15) is 0 Å². The molecule has 0 aromatic heterocycles. The molecule has 5 heteroatoms. The molecule has 1 aromatic rings. The van der Waals surface area contributed by atoms with E-state index in [4.69, 9.17) is 5.11 Å². The molecule has 0 spiro atoms. The fourth-order valence-corrected chi connectivity index (χ4v) is 1.85. The monoisotopic (exact) mass is 254 g/mol. The molecule has 4 nitrogen and oxygen atoms in total. The van der Waals surface area contributed by atoms with Crippen molar-refractivity contribution in [2.75, 3.05) is 6.61 Å². The average molecular weight is 254 g/mol. The molecule has 0 heterocycles. The van der Waals surface area contributed by atoms with E-state index in [9.17, 15) is 9.36 Å². The number of benzene rings is 1. The minimum atomic E-state index is -0.798. The van der Waals surface area contributed by atoms with Crippen LogP contribution in [0.3, 0.4) is 0 Å². The predicted octanol–water partition coefficient (Wildman–Crippen LogP) is 2.93. The van der Waals surface area contributed by atoms with Crippen molar-refractivity contribution in [3.63, 3.8) is 0 Å². The van der Waals surface area contributed by atoms with Crippen molar-refractivity contribution in [3.8, 4) is 0 Å². The van der Waals surface area contributed by atoms with E-state index in [-0.39, 0.29) is 8.69 Å². The number of aliphatic carboxylic acids is 1. The highest BCUT2D eigenvalue weighted by atomic mass is 31.1. The number of carbonyl (C=O) groups is 1. The van der Waals surface area contributed by atoms with E-state index in [0.29, 0.717) is 25.9 Å². The normalized spacial score (nSPS) is 12.5. The van der Waals surface area contributed by atoms with Crippen molar-refractivity contribution < 1.29 is 19.0 Å². The molecule has 0 aliphatic carbocycles. The zero-order valence-corrected chi connectivity index (χ0v) is 10.3. The van der Waals surface area contributed by atoms with Gasteiger partial charge in [0.2, 0.25) is 0 Å². The smallest absolute Gasteiger partial charge is 0.327 e. The van der Waals surface area contributed by atoms with Gasteiger partial charge in [0, 0.05) is 0 Å². The number of carboxylic acid groups (broad SMARTS) is 1. The van der Waals surface area contributed by atoms with Crippen LogP contribution in [0.4, 0.5) is 0 Å². The van der Waals surface area contributed by atoms with E-state index in [1.807, 2.05) is 30.3 Å². The van der Waals surface area contributed by atoms with E-state index >= 15 is 0 Å². The highest BCUT2D eigenvalue weighted by molar-refractivity contribution is 7.17. The van der Waals surface area contributed by atoms with Crippen LogP contribution in [0.2, 0.25) is 0 Å². The quantitative estimate of drug-likeness (QED) is 0.572. The molecule has 0 bridgehead atoms. The largest absolute Gasteiger partial charge is 0.481 e. The highest BCUT2D eigenvalue weighted by Crippen LogP contribution is 2.15. The topological polar surface area (TPSA) is 63.6 Å². The lowest BCUT2D eigenvalue weighted by molar-refractivity contribution is -0.142. The fourth-order valence-electron chi connectivity index (χ4n) is 1.64. The Hall–Kier alpha value is -1.25. The zero-order chi connectivity index (χ0) is 12.5. The molecule has 1 atom stereocenters. The Bertz CT molecular complexity index is 353. The van der Waals surface area contributed by atoms with E-state index < -0.39 is 11.9 Å². The second-order valence-electron chi connectivity index (χ2n) is 3.77. The minimum absolute atomic E-state index is 0.323. The van der Waals surface area contributed by atoms with Gasteiger partial charge < -0.3 is 5.11 Å². The summed E-state index contributed by atoms with van der Waals surface area (Å²) in [6.07, 6.45) is 1.64. The predicted molar refractivity (Wildman–Crippen MR) is 64.1 cm³/mol. The van der Waals surface area contributed by atoms with Crippen LogP contribution in [0.25, 0.3) is 0 Å². The Kier molecular flexibility index (Phi) is 6.45. The summed E-state index contributed by atoms with van der Waals surface area (Å²) in [7, 11) is -0.350. The van der Waals surface area contributed by atoms with Crippen LogP contribution in [-0.2, 0) is 20.3 Å². The van der Waals surface area contributed by atoms with Crippen molar-refractivity contribution in [3.05, 3.63) is 35.9 Å². The molecular formula is C12H15O4P. The lowest BCUT2D eigenvalue weighted by Crippen LogP contribution is -2.17. The van der Waals surface area contributed by atoms with Crippen LogP contribution in [0, 0.1) is 5.92 Å². The van der Waals surface area contributed by atoms with Gasteiger partial charge in [-0.25, -0.2) is 4.57 Å². The van der Waals surface area contributed by atoms with Gasteiger partial charge in [0.05, 0.1) is 12.5 Å². The fraction of sp³-hybridized carbons (Fsp3) is 0.417. The number of hydrogen-bond acceptors (Lipinski definition) is 3. The first kappa shape index (κ1) is 13.8. The maximum Gasteiger partial charge on any atom is 0.327 e. The Labute approximate surface area is 102 Å². The second kappa shape index (κ2) is 7.93. The van der Waals surface area contributed by atoms with E-state index in [2.05, 4.69) is 4.52 Å². The van der Waals surface area contributed by atoms with Crippen LogP contribution >= 0.6 is 8.69 Å². The molecule has 17 heavy (non-hydrogen) atoms. The first-order valence-corrected chi connectivity index (χ1v) is 6.18. The molecule has 1 N–H and O–H groups in total. The molecule has 0 aliphatic heterocycles. The van der Waals surface area contributed by atoms with Crippen LogP contribution in [-0.4, -0.2) is 17.7 Å². The Morgan fingerprint density at radius 3 is 2.65 bits per heavy atom. The van der Waals surface area contributed by atoms with E-state index in [1.54, 1.807) is 0 Å². The van der Waals surface area contributed by atoms with Crippen LogP contribution in [0.15, 0.2) is 30.3 Å². The molecule has 0 aliphatic rings. The molecule has 1 aromatic carbocycles. The van der Waals surface area contributed by atoms with Gasteiger partial charge in [-0.05, 0) is 24.8 Å². The Morgan fingerprint density at radius 2 is 2.06 bits per heavy atom. The third-order valence-corrected chi connectivity index (χ3v) is 2.80. The summed E-state index contributed by atoms with van der Waals surface area (Å²) in [5.41, 5.74) is 1.02. The van der Waals surface area contributed by atoms with Crippen molar-refractivity contribution in [1.29, 1.82) is 0 Å². The molecule has 0 fully saturated rings. The summed E-state index contributed by atoms with van der Waals surface area (Å²) in [6, 6.07) is 9.53. The van der Waals surface area contributed by atoms with Gasteiger partial charge >= 0.3 is 14.7 Å². The summed E-state index contributed by atoms with van der Waals surface area (Å²) < 4.78 is 14.7. The van der Waals surface area contributed by atoms with Gasteiger partial charge in [0.15, 0.2) is 0 Å². The lowest BCUT2D eigenvalue weighted by Gasteiger charge is -2.11. The molecule has 0 saturated heterocycles. The van der Waals surface area contributed by atoms with Crippen molar-refractivity contribution >= 4 is 14.7 Å². The Morgan fingerprint density at radius 1 is 1.35 bits per heavy atom. The van der Waals surface area contributed by atoms with E-state index in [0.717, 1.165) is 5.56 Å². The molecular weight excluding hydrogens is 239 g/mol. The minimum Gasteiger partial charge on any atom is -0.481 e. The van der Waals surface area contributed by atoms with Crippen molar-refractivity contribution in [2.24, 2.45) is 5.92 Å². The Balaban J connectivity index is 2.43. The SMILES string of the molecule is O=POCCCC(Cc1ccccc1)C(=O)O. The maximum atomic E-state index is 11.1. The first-order chi connectivity index (χ1) is 8.24. The van der Waals surface area contributed by atoms with Crippen molar-refractivity contribution in [1.82, 2.24) is 0 Å². The number of rotatable bonds is 8. The first-order valence-electron chi connectivity index (χ1n) is 5.45. The average Bonchev–Trinajstić information content (AvgIpc) is 2.34. The summed E-state index contributed by atoms with van der Waals surface area (Å²) >= 11 is 0. The molecule has 1 unspecified atom stereocenters. The second-order valence-corrected chi connectivity index (χ2v) is 4.18. The summed E-state index contributed by atoms with van der Waals surface area (Å²) in [5.74, 6) is -1.21. The van der Waals surface area contributed by atoms with Gasteiger partial charge in [-0.1, -0.05) is 30.3 Å². The molecule has 92 valence electrons. The molecule has 0 amide bonds. The van der Waals surface area contributed by atoms with Crippen LogP contribution in [0.1, 0.15) is 18.4 Å². The number of carboxylic acids is 1. The van der Waals surface area contributed by atoms with Crippen molar-refractivity contribution in [2.45, 2.75) is 19.3 Å². The van der Waals surface area contributed by atoms with Crippen LogP contribution < -0.4 is 0 Å². The summed E-state index contributed by atoms with van der Waals surface area (Å²) in [5, 5.41) is 9.09. The zero-order valence-electron chi connectivity index (χ0n) is 9.41. The molecule has 0 radical (unpaired) electrons. The summed E-state index contributed by atoms with van der Waals surface area (Å²) in [4.78, 5) is 11.1. The van der Waals surface area contributed by atoms with Gasteiger partial charge in [0.25, 0.3) is 0 Å².